The smallest absolute Gasteiger partial charge is 0.534 e. The first-order chi connectivity index (χ1) is 13.8. The first-order valence-electron chi connectivity index (χ1n) is 9.52. The molecule has 0 amide bonds. The zero-order valence-corrected chi connectivity index (χ0v) is 20.1. The van der Waals surface area contributed by atoms with Crippen molar-refractivity contribution in [1.29, 1.82) is 0 Å². The molecule has 172 valence electrons. The molecule has 31 heavy (non-hydrogen) atoms. The zero-order valence-electron chi connectivity index (χ0n) is 18.3. The summed E-state index contributed by atoms with van der Waals surface area (Å²) in [5.41, 5.74) is -5.56. The van der Waals surface area contributed by atoms with Gasteiger partial charge in [0.05, 0.1) is 0 Å². The van der Waals surface area contributed by atoms with Crippen LogP contribution in [0.4, 0.5) is 13.2 Å². The highest BCUT2D eigenvalue weighted by Crippen LogP contribution is 2.48. The number of benzene rings is 2. The molecule has 0 N–H and O–H groups in total. The molecule has 0 radical (unpaired) electrons. The van der Waals surface area contributed by atoms with E-state index in [1.165, 1.54) is 12.1 Å². The molecule has 3 rings (SSSR count). The fourth-order valence-corrected chi connectivity index (χ4v) is 4.27. The molecule has 0 aliphatic carbocycles. The Kier molecular flexibility index (Phi) is 5.26. The Morgan fingerprint density at radius 3 is 1.84 bits per heavy atom. The van der Waals surface area contributed by atoms with E-state index in [1.807, 2.05) is 33.9 Å². The number of alkyl halides is 3. The van der Waals surface area contributed by atoms with Gasteiger partial charge in [0.15, 0.2) is 17.2 Å². The van der Waals surface area contributed by atoms with E-state index in [9.17, 15) is 21.6 Å². The van der Waals surface area contributed by atoms with E-state index < -0.39 is 35.5 Å². The second kappa shape index (κ2) is 6.93. The van der Waals surface area contributed by atoms with Crippen LogP contribution in [0.2, 0.25) is 18.1 Å². The lowest BCUT2D eigenvalue weighted by Gasteiger charge is -2.36. The Labute approximate surface area is 180 Å². The minimum Gasteiger partial charge on any atom is -0.543 e. The molecule has 1 aliphatic heterocycles. The van der Waals surface area contributed by atoms with E-state index >= 15 is 0 Å². The lowest BCUT2D eigenvalue weighted by Crippen LogP contribution is -2.43. The van der Waals surface area contributed by atoms with Gasteiger partial charge in [-0.2, -0.15) is 21.6 Å². The van der Waals surface area contributed by atoms with Crippen molar-refractivity contribution in [3.05, 3.63) is 24.3 Å². The quantitative estimate of drug-likeness (QED) is 0.307. The van der Waals surface area contributed by atoms with Gasteiger partial charge in [-0.25, -0.2) is 0 Å². The normalized spacial score (nSPS) is 16.5. The molecule has 2 aromatic carbocycles. The van der Waals surface area contributed by atoms with Crippen LogP contribution in [-0.2, 0) is 10.1 Å². The van der Waals surface area contributed by atoms with E-state index in [2.05, 4.69) is 4.18 Å². The first-order valence-corrected chi connectivity index (χ1v) is 13.8. The van der Waals surface area contributed by atoms with Gasteiger partial charge in [0, 0.05) is 24.6 Å². The summed E-state index contributed by atoms with van der Waals surface area (Å²) in [7, 11) is -8.18. The lowest BCUT2D eigenvalue weighted by molar-refractivity contribution is -0.0499. The molecule has 0 fully saturated rings. The Morgan fingerprint density at radius 1 is 0.935 bits per heavy atom. The third kappa shape index (κ3) is 4.43. The summed E-state index contributed by atoms with van der Waals surface area (Å²) in [4.78, 5) is 0. The van der Waals surface area contributed by atoms with Crippen molar-refractivity contribution in [1.82, 2.24) is 0 Å². The van der Waals surface area contributed by atoms with Crippen molar-refractivity contribution >= 4 is 29.2 Å². The highest BCUT2D eigenvalue weighted by Gasteiger charge is 2.49. The van der Waals surface area contributed by atoms with Crippen LogP contribution in [0.25, 0.3) is 10.8 Å². The monoisotopic (exact) mass is 478 g/mol. The largest absolute Gasteiger partial charge is 0.543 e. The molecule has 2 aromatic rings. The van der Waals surface area contributed by atoms with Crippen LogP contribution in [0.15, 0.2) is 24.3 Å². The summed E-state index contributed by atoms with van der Waals surface area (Å²) in [5.74, 6) is -0.440. The second-order valence-electron chi connectivity index (χ2n) is 9.36. The molecule has 6 nitrogen and oxygen atoms in total. The van der Waals surface area contributed by atoms with Crippen molar-refractivity contribution in [2.24, 2.45) is 0 Å². The second-order valence-corrected chi connectivity index (χ2v) is 15.6. The molecule has 0 bridgehead atoms. The topological polar surface area (TPSA) is 71.1 Å². The summed E-state index contributed by atoms with van der Waals surface area (Å²) in [6.07, 6.45) is 0. The van der Waals surface area contributed by atoms with Crippen LogP contribution in [0, 0.1) is 0 Å². The maximum Gasteiger partial charge on any atom is 0.534 e. The molecule has 0 saturated heterocycles. The molecule has 0 aromatic heterocycles. The molecule has 0 unspecified atom stereocenters. The number of hydrogen-bond acceptors (Lipinski definition) is 6. The Bertz CT molecular complexity index is 1130. The van der Waals surface area contributed by atoms with Crippen LogP contribution >= 0.6 is 0 Å². The van der Waals surface area contributed by atoms with Gasteiger partial charge in [0.25, 0.3) is 8.32 Å². The van der Waals surface area contributed by atoms with Crippen LogP contribution in [0.1, 0.15) is 34.6 Å². The number of ether oxygens (including phenoxy) is 2. The maximum absolute atomic E-state index is 12.9. The average molecular weight is 479 g/mol. The Morgan fingerprint density at radius 2 is 1.39 bits per heavy atom. The Hall–Kier alpha value is -2.14. The van der Waals surface area contributed by atoms with Gasteiger partial charge >= 0.3 is 15.6 Å². The number of halogens is 3. The van der Waals surface area contributed by atoms with Gasteiger partial charge in [-0.05, 0) is 42.4 Å². The van der Waals surface area contributed by atoms with Gasteiger partial charge in [-0.15, -0.1) is 0 Å². The van der Waals surface area contributed by atoms with Crippen molar-refractivity contribution in [2.75, 3.05) is 0 Å². The van der Waals surface area contributed by atoms with E-state index in [0.29, 0.717) is 16.9 Å². The summed E-state index contributed by atoms with van der Waals surface area (Å²) in [6.45, 7) is 13.5. The van der Waals surface area contributed by atoms with Crippen molar-refractivity contribution in [2.45, 2.75) is 64.0 Å². The van der Waals surface area contributed by atoms with Crippen molar-refractivity contribution in [3.63, 3.8) is 0 Å². The first kappa shape index (κ1) is 23.5. The molecular formula is C20H25F3O6SSi. The van der Waals surface area contributed by atoms with E-state index in [1.54, 1.807) is 19.9 Å². The van der Waals surface area contributed by atoms with Gasteiger partial charge in [-0.3, -0.25) is 0 Å². The van der Waals surface area contributed by atoms with Crippen molar-refractivity contribution in [3.8, 4) is 23.0 Å². The minimum absolute atomic E-state index is 0.101. The number of hydrogen-bond donors (Lipinski definition) is 0. The maximum atomic E-state index is 12.9. The molecule has 1 heterocycles. The molecule has 11 heteroatoms. The third-order valence-corrected chi connectivity index (χ3v) is 10.7. The van der Waals surface area contributed by atoms with Gasteiger partial charge in [-0.1, -0.05) is 20.8 Å². The molecule has 0 atom stereocenters. The number of rotatable bonds is 4. The van der Waals surface area contributed by atoms with Crippen LogP contribution in [0.3, 0.4) is 0 Å². The molecule has 1 aliphatic rings. The zero-order chi connectivity index (χ0) is 23.6. The fourth-order valence-electron chi connectivity index (χ4n) is 2.76. The summed E-state index contributed by atoms with van der Waals surface area (Å²) >= 11 is 0. The van der Waals surface area contributed by atoms with Gasteiger partial charge in [0.1, 0.15) is 5.75 Å². The highest BCUT2D eigenvalue weighted by atomic mass is 32.2. The SMILES string of the molecule is CC1(C)Oc2cc3c(O[Si](C)(C)C(C)(C)C)ccc(OS(=O)(=O)C(F)(F)F)c3cc2O1. The van der Waals surface area contributed by atoms with E-state index in [0.717, 1.165) is 6.07 Å². The van der Waals surface area contributed by atoms with Crippen LogP contribution in [-0.4, -0.2) is 28.0 Å². The predicted molar refractivity (Wildman–Crippen MR) is 113 cm³/mol. The lowest BCUT2D eigenvalue weighted by atomic mass is 10.1. The molecular weight excluding hydrogens is 453 g/mol. The van der Waals surface area contributed by atoms with Crippen LogP contribution < -0.4 is 18.1 Å². The van der Waals surface area contributed by atoms with Crippen LogP contribution in [0.5, 0.6) is 23.0 Å². The fraction of sp³-hybridized carbons (Fsp3) is 0.500. The molecule has 0 saturated carbocycles. The summed E-state index contributed by atoms with van der Waals surface area (Å²) in [5, 5.41) is 0.316. The van der Waals surface area contributed by atoms with Gasteiger partial charge < -0.3 is 18.1 Å². The van der Waals surface area contributed by atoms with Gasteiger partial charge in [0.2, 0.25) is 5.79 Å². The minimum atomic E-state index is -5.85. The summed E-state index contributed by atoms with van der Waals surface area (Å²) < 4.78 is 84.2. The van der Waals surface area contributed by atoms with E-state index in [-0.39, 0.29) is 16.2 Å². The predicted octanol–water partition coefficient (Wildman–Crippen LogP) is 5.96. The average Bonchev–Trinajstić information content (AvgIpc) is 2.85. The standard InChI is InChI=1S/C20H25F3O6SSi/c1-18(2,3)31(6,7)29-15-9-8-14(28-30(24,25)20(21,22)23)12-10-16-17(11-13(12)15)27-19(4,5)26-16/h8-11H,1-7H3. The Balaban J connectivity index is 2.21. The van der Waals surface area contributed by atoms with E-state index in [4.69, 9.17) is 13.9 Å². The summed E-state index contributed by atoms with van der Waals surface area (Å²) in [6, 6.07) is 5.53. The third-order valence-electron chi connectivity index (χ3n) is 5.37. The highest BCUT2D eigenvalue weighted by molar-refractivity contribution is 7.88. The number of fused-ring (bicyclic) bond motifs is 2. The molecule has 0 spiro atoms. The van der Waals surface area contributed by atoms with Crippen molar-refractivity contribution < 1.29 is 39.7 Å².